The van der Waals surface area contributed by atoms with Gasteiger partial charge < -0.3 is 0 Å². The second-order valence-corrected chi connectivity index (χ2v) is 4.51. The third-order valence-corrected chi connectivity index (χ3v) is 2.98. The van der Waals surface area contributed by atoms with Gasteiger partial charge in [-0.05, 0) is 19.3 Å². The lowest BCUT2D eigenvalue weighted by Gasteiger charge is -2.00. The summed E-state index contributed by atoms with van der Waals surface area (Å²) in [7, 11) is 0. The molecule has 0 aliphatic heterocycles. The van der Waals surface area contributed by atoms with Gasteiger partial charge in [-0.3, -0.25) is 9.13 Å². The zero-order chi connectivity index (χ0) is 11.1. The zero-order valence-electron chi connectivity index (χ0n) is 9.29. The van der Waals surface area contributed by atoms with Gasteiger partial charge in [0.25, 0.3) is 0 Å². The van der Waals surface area contributed by atoms with Gasteiger partial charge >= 0.3 is 5.69 Å². The molecule has 0 saturated heterocycles. The molecule has 1 aromatic heterocycles. The summed E-state index contributed by atoms with van der Waals surface area (Å²) in [5.41, 5.74) is 0.135. The summed E-state index contributed by atoms with van der Waals surface area (Å²) in [5, 5.41) is 1.05. The van der Waals surface area contributed by atoms with Crippen molar-refractivity contribution in [2.75, 3.05) is 5.33 Å². The first-order chi connectivity index (χ1) is 7.29. The van der Waals surface area contributed by atoms with E-state index in [-0.39, 0.29) is 5.69 Å². The molecule has 0 unspecified atom stereocenters. The molecular weight excluding hydrogens is 256 g/mol. The Kier molecular flexibility index (Phi) is 5.76. The lowest BCUT2D eigenvalue weighted by molar-refractivity contribution is 0.563. The summed E-state index contributed by atoms with van der Waals surface area (Å²) >= 11 is 3.40. The predicted octanol–water partition coefficient (Wildman–Crippen LogP) is 2.63. The number of hydrogen-bond donors (Lipinski definition) is 0. The van der Waals surface area contributed by atoms with E-state index in [0.29, 0.717) is 0 Å². The highest BCUT2D eigenvalue weighted by molar-refractivity contribution is 9.09. The molecule has 1 rings (SSSR count). The molecule has 0 bridgehead atoms. The quantitative estimate of drug-likeness (QED) is 0.555. The van der Waals surface area contributed by atoms with Crippen LogP contribution in [0.25, 0.3) is 0 Å². The van der Waals surface area contributed by atoms with E-state index in [1.807, 2.05) is 17.0 Å². The summed E-state index contributed by atoms with van der Waals surface area (Å²) in [5.74, 6) is 0. The molecule has 1 heterocycles. The van der Waals surface area contributed by atoms with Crippen molar-refractivity contribution in [3.05, 3.63) is 22.9 Å². The zero-order valence-corrected chi connectivity index (χ0v) is 10.9. The SMILES string of the molecule is CCCn1ccn(CCCCCBr)c1=O. The average Bonchev–Trinajstić information content (AvgIpc) is 2.57. The van der Waals surface area contributed by atoms with E-state index in [9.17, 15) is 4.79 Å². The molecule has 86 valence electrons. The van der Waals surface area contributed by atoms with Crippen LogP contribution in [0.3, 0.4) is 0 Å². The number of halogens is 1. The molecule has 0 spiro atoms. The molecule has 3 nitrogen and oxygen atoms in total. The Bertz CT molecular complexity index is 330. The largest absolute Gasteiger partial charge is 0.328 e. The number of alkyl halides is 1. The molecule has 0 aromatic carbocycles. The van der Waals surface area contributed by atoms with Gasteiger partial charge in [0.2, 0.25) is 0 Å². The molecule has 0 atom stereocenters. The van der Waals surface area contributed by atoms with E-state index in [4.69, 9.17) is 0 Å². The molecular formula is C11H19BrN2O. The maximum Gasteiger partial charge on any atom is 0.328 e. The number of imidazole rings is 1. The molecule has 0 aliphatic carbocycles. The first kappa shape index (κ1) is 12.6. The van der Waals surface area contributed by atoms with Crippen LogP contribution in [0.1, 0.15) is 32.6 Å². The fraction of sp³-hybridized carbons (Fsp3) is 0.727. The molecule has 15 heavy (non-hydrogen) atoms. The van der Waals surface area contributed by atoms with Crippen molar-refractivity contribution in [2.24, 2.45) is 0 Å². The van der Waals surface area contributed by atoms with E-state index in [1.54, 1.807) is 4.57 Å². The van der Waals surface area contributed by atoms with Crippen molar-refractivity contribution in [2.45, 2.75) is 45.7 Å². The average molecular weight is 275 g/mol. The number of rotatable bonds is 7. The third-order valence-electron chi connectivity index (χ3n) is 2.42. The summed E-state index contributed by atoms with van der Waals surface area (Å²) in [4.78, 5) is 11.7. The van der Waals surface area contributed by atoms with Gasteiger partial charge in [-0.25, -0.2) is 4.79 Å². The molecule has 0 amide bonds. The van der Waals surface area contributed by atoms with E-state index in [0.717, 1.165) is 31.3 Å². The van der Waals surface area contributed by atoms with Crippen LogP contribution in [0, 0.1) is 0 Å². The van der Waals surface area contributed by atoms with Crippen LogP contribution in [0.5, 0.6) is 0 Å². The van der Waals surface area contributed by atoms with Gasteiger partial charge in [0.15, 0.2) is 0 Å². The minimum absolute atomic E-state index is 0.135. The number of unbranched alkanes of at least 4 members (excludes halogenated alkanes) is 2. The minimum Gasteiger partial charge on any atom is -0.299 e. The molecule has 0 fully saturated rings. The Balaban J connectivity index is 2.44. The first-order valence-electron chi connectivity index (χ1n) is 5.61. The maximum atomic E-state index is 11.7. The van der Waals surface area contributed by atoms with Crippen LogP contribution in [-0.4, -0.2) is 14.5 Å². The van der Waals surface area contributed by atoms with Crippen LogP contribution in [0.2, 0.25) is 0 Å². The maximum absolute atomic E-state index is 11.7. The van der Waals surface area contributed by atoms with Crippen molar-refractivity contribution >= 4 is 15.9 Å². The Morgan fingerprint density at radius 1 is 1.13 bits per heavy atom. The monoisotopic (exact) mass is 274 g/mol. The van der Waals surface area contributed by atoms with E-state index >= 15 is 0 Å². The van der Waals surface area contributed by atoms with Crippen LogP contribution in [-0.2, 0) is 13.1 Å². The molecule has 4 heteroatoms. The highest BCUT2D eigenvalue weighted by Gasteiger charge is 2.01. The van der Waals surface area contributed by atoms with Crippen molar-refractivity contribution in [1.29, 1.82) is 0 Å². The third kappa shape index (κ3) is 3.86. The summed E-state index contributed by atoms with van der Waals surface area (Å²) < 4.78 is 3.59. The highest BCUT2D eigenvalue weighted by atomic mass is 79.9. The van der Waals surface area contributed by atoms with E-state index in [1.165, 1.54) is 12.8 Å². The van der Waals surface area contributed by atoms with Gasteiger partial charge in [-0.15, -0.1) is 0 Å². The lowest BCUT2D eigenvalue weighted by atomic mass is 10.2. The van der Waals surface area contributed by atoms with Gasteiger partial charge in [0.1, 0.15) is 0 Å². The molecule has 0 radical (unpaired) electrons. The van der Waals surface area contributed by atoms with Crippen LogP contribution < -0.4 is 5.69 Å². The predicted molar refractivity (Wildman–Crippen MR) is 66.6 cm³/mol. The van der Waals surface area contributed by atoms with Crippen molar-refractivity contribution in [3.63, 3.8) is 0 Å². The molecule has 0 saturated carbocycles. The molecule has 0 aliphatic rings. The highest BCUT2D eigenvalue weighted by Crippen LogP contribution is 2.00. The number of aromatic nitrogens is 2. The second-order valence-electron chi connectivity index (χ2n) is 3.72. The smallest absolute Gasteiger partial charge is 0.299 e. The Morgan fingerprint density at radius 3 is 2.40 bits per heavy atom. The van der Waals surface area contributed by atoms with Gasteiger partial charge in [-0.2, -0.15) is 0 Å². The Labute approximate surface area is 99.2 Å². The van der Waals surface area contributed by atoms with Crippen LogP contribution >= 0.6 is 15.9 Å². The number of nitrogens with zero attached hydrogens (tertiary/aromatic N) is 2. The standard InChI is InChI=1S/C11H19BrN2O/c1-2-7-13-9-10-14(11(13)15)8-5-3-4-6-12/h9-10H,2-8H2,1H3. The minimum atomic E-state index is 0.135. The summed E-state index contributed by atoms with van der Waals surface area (Å²) in [6.45, 7) is 3.76. The Morgan fingerprint density at radius 2 is 1.80 bits per heavy atom. The van der Waals surface area contributed by atoms with Crippen LogP contribution in [0.15, 0.2) is 17.2 Å². The molecule has 0 N–H and O–H groups in total. The van der Waals surface area contributed by atoms with Gasteiger partial charge in [-0.1, -0.05) is 29.3 Å². The van der Waals surface area contributed by atoms with E-state index < -0.39 is 0 Å². The van der Waals surface area contributed by atoms with Gasteiger partial charge in [0, 0.05) is 30.8 Å². The second kappa shape index (κ2) is 6.88. The normalized spacial score (nSPS) is 10.8. The van der Waals surface area contributed by atoms with Gasteiger partial charge in [0.05, 0.1) is 0 Å². The lowest BCUT2D eigenvalue weighted by Crippen LogP contribution is -2.24. The van der Waals surface area contributed by atoms with Crippen molar-refractivity contribution in [1.82, 2.24) is 9.13 Å². The summed E-state index contributed by atoms with van der Waals surface area (Å²) in [6, 6.07) is 0. The topological polar surface area (TPSA) is 26.9 Å². The van der Waals surface area contributed by atoms with Crippen molar-refractivity contribution in [3.8, 4) is 0 Å². The number of hydrogen-bond acceptors (Lipinski definition) is 1. The fourth-order valence-corrected chi connectivity index (χ4v) is 1.98. The fourth-order valence-electron chi connectivity index (χ4n) is 1.59. The first-order valence-corrected chi connectivity index (χ1v) is 6.73. The van der Waals surface area contributed by atoms with Crippen molar-refractivity contribution < 1.29 is 0 Å². The van der Waals surface area contributed by atoms with E-state index in [2.05, 4.69) is 22.9 Å². The molecule has 1 aromatic rings. The number of aryl methyl sites for hydroxylation is 2. The Hall–Kier alpha value is -0.510. The summed E-state index contributed by atoms with van der Waals surface area (Å²) in [6.07, 6.45) is 8.23. The van der Waals surface area contributed by atoms with Crippen LogP contribution in [0.4, 0.5) is 0 Å².